The van der Waals surface area contributed by atoms with Crippen molar-refractivity contribution in [3.05, 3.63) is 0 Å². The van der Waals surface area contributed by atoms with Crippen LogP contribution in [0.1, 0.15) is 46.5 Å². The minimum Gasteiger partial charge on any atom is -0.314 e. The van der Waals surface area contributed by atoms with Crippen molar-refractivity contribution in [2.75, 3.05) is 12.4 Å². The number of hydrogen-bond acceptors (Lipinski definition) is 1. The molecule has 0 aromatic heterocycles. The Labute approximate surface area is 88.2 Å². The molecule has 1 N–H and O–H groups in total. The van der Waals surface area contributed by atoms with Gasteiger partial charge in [-0.1, -0.05) is 20.3 Å². The minimum absolute atomic E-state index is 0.648. The van der Waals surface area contributed by atoms with E-state index in [2.05, 4.69) is 26.1 Å². The second-order valence-electron chi connectivity index (χ2n) is 3.85. The van der Waals surface area contributed by atoms with Gasteiger partial charge in [-0.25, -0.2) is 0 Å². The molecule has 0 bridgehead atoms. The summed E-state index contributed by atoms with van der Waals surface area (Å²) in [7, 11) is 0. The molecule has 1 nitrogen and oxygen atoms in total. The Morgan fingerprint density at radius 1 is 1.23 bits per heavy atom. The highest BCUT2D eigenvalue weighted by Crippen LogP contribution is 2.11. The molecule has 0 saturated heterocycles. The fourth-order valence-corrected chi connectivity index (χ4v) is 1.73. The Hall–Kier alpha value is 0.250. The lowest BCUT2D eigenvalue weighted by Crippen LogP contribution is -2.30. The standard InChI is InChI=1S/C11H24ClN/c1-4-6-11(7-8-12)9-13-10(3)5-2/h10-11,13H,4-9H2,1-3H3. The Balaban J connectivity index is 3.55. The van der Waals surface area contributed by atoms with E-state index in [0.717, 1.165) is 24.8 Å². The molecule has 0 aromatic rings. The van der Waals surface area contributed by atoms with Gasteiger partial charge in [0, 0.05) is 11.9 Å². The molecule has 2 atom stereocenters. The van der Waals surface area contributed by atoms with Crippen LogP contribution in [-0.2, 0) is 0 Å². The highest BCUT2D eigenvalue weighted by molar-refractivity contribution is 6.17. The lowest BCUT2D eigenvalue weighted by Gasteiger charge is -2.18. The molecule has 0 spiro atoms. The average molecular weight is 206 g/mol. The van der Waals surface area contributed by atoms with Gasteiger partial charge in [0.2, 0.25) is 0 Å². The zero-order valence-electron chi connectivity index (χ0n) is 9.28. The fourth-order valence-electron chi connectivity index (χ4n) is 1.42. The molecule has 0 radical (unpaired) electrons. The van der Waals surface area contributed by atoms with Crippen molar-refractivity contribution in [3.63, 3.8) is 0 Å². The first kappa shape index (κ1) is 13.2. The van der Waals surface area contributed by atoms with Crippen LogP contribution in [0.4, 0.5) is 0 Å². The van der Waals surface area contributed by atoms with Crippen LogP contribution in [0, 0.1) is 5.92 Å². The van der Waals surface area contributed by atoms with Crippen LogP contribution in [0.25, 0.3) is 0 Å². The van der Waals surface area contributed by atoms with Gasteiger partial charge < -0.3 is 5.32 Å². The van der Waals surface area contributed by atoms with Gasteiger partial charge in [0.25, 0.3) is 0 Å². The minimum atomic E-state index is 0.648. The molecule has 0 saturated carbocycles. The normalized spacial score (nSPS) is 15.7. The maximum atomic E-state index is 5.75. The second-order valence-corrected chi connectivity index (χ2v) is 4.23. The van der Waals surface area contributed by atoms with E-state index in [-0.39, 0.29) is 0 Å². The molecule has 0 heterocycles. The monoisotopic (exact) mass is 205 g/mol. The number of halogens is 1. The molecule has 2 heteroatoms. The first-order chi connectivity index (χ1) is 6.24. The second kappa shape index (κ2) is 8.83. The smallest absolute Gasteiger partial charge is 0.0226 e. The van der Waals surface area contributed by atoms with Gasteiger partial charge in [0.15, 0.2) is 0 Å². The molecule has 0 aliphatic rings. The molecule has 0 aliphatic carbocycles. The Bertz CT molecular complexity index is 100. The van der Waals surface area contributed by atoms with Crippen LogP contribution < -0.4 is 5.32 Å². The zero-order chi connectivity index (χ0) is 10.1. The Morgan fingerprint density at radius 2 is 1.92 bits per heavy atom. The van der Waals surface area contributed by atoms with E-state index in [1.54, 1.807) is 0 Å². The molecule has 0 amide bonds. The molecule has 80 valence electrons. The van der Waals surface area contributed by atoms with Crippen LogP contribution >= 0.6 is 11.6 Å². The maximum Gasteiger partial charge on any atom is 0.0226 e. The largest absolute Gasteiger partial charge is 0.314 e. The molecule has 13 heavy (non-hydrogen) atoms. The highest BCUT2D eigenvalue weighted by atomic mass is 35.5. The third-order valence-electron chi connectivity index (χ3n) is 2.58. The average Bonchev–Trinajstić information content (AvgIpc) is 2.14. The fraction of sp³-hybridized carbons (Fsp3) is 1.00. The Kier molecular flexibility index (Phi) is 9.00. The number of nitrogens with one attached hydrogen (secondary N) is 1. The number of alkyl halides is 1. The topological polar surface area (TPSA) is 12.0 Å². The predicted molar refractivity (Wildman–Crippen MR) is 61.5 cm³/mol. The van der Waals surface area contributed by atoms with E-state index in [4.69, 9.17) is 11.6 Å². The summed E-state index contributed by atoms with van der Waals surface area (Å²) < 4.78 is 0. The van der Waals surface area contributed by atoms with Gasteiger partial charge in [-0.15, -0.1) is 11.6 Å². The summed E-state index contributed by atoms with van der Waals surface area (Å²) >= 11 is 5.75. The lowest BCUT2D eigenvalue weighted by molar-refractivity contribution is 0.400. The molecule has 0 fully saturated rings. The Morgan fingerprint density at radius 3 is 2.38 bits per heavy atom. The molecular formula is C11H24ClN. The molecule has 0 aliphatic heterocycles. The van der Waals surface area contributed by atoms with Crippen molar-refractivity contribution in [1.82, 2.24) is 5.32 Å². The molecule has 0 rings (SSSR count). The quantitative estimate of drug-likeness (QED) is 0.599. The van der Waals surface area contributed by atoms with E-state index in [1.165, 1.54) is 19.3 Å². The van der Waals surface area contributed by atoms with Gasteiger partial charge >= 0.3 is 0 Å². The maximum absolute atomic E-state index is 5.75. The number of hydrogen-bond donors (Lipinski definition) is 1. The third kappa shape index (κ3) is 7.33. The van der Waals surface area contributed by atoms with Crippen LogP contribution in [-0.4, -0.2) is 18.5 Å². The summed E-state index contributed by atoms with van der Waals surface area (Å²) in [6.07, 6.45) is 4.93. The zero-order valence-corrected chi connectivity index (χ0v) is 10.0. The van der Waals surface area contributed by atoms with E-state index < -0.39 is 0 Å². The van der Waals surface area contributed by atoms with Crippen LogP contribution in [0.15, 0.2) is 0 Å². The van der Waals surface area contributed by atoms with Gasteiger partial charge in [-0.05, 0) is 38.6 Å². The summed E-state index contributed by atoms with van der Waals surface area (Å²) in [5, 5.41) is 3.54. The van der Waals surface area contributed by atoms with Crippen LogP contribution in [0.3, 0.4) is 0 Å². The summed E-state index contributed by atoms with van der Waals surface area (Å²) in [4.78, 5) is 0. The van der Waals surface area contributed by atoms with Crippen molar-refractivity contribution in [2.24, 2.45) is 5.92 Å². The van der Waals surface area contributed by atoms with Crippen LogP contribution in [0.5, 0.6) is 0 Å². The molecule has 2 unspecified atom stereocenters. The molecule has 0 aromatic carbocycles. The number of rotatable bonds is 8. The van der Waals surface area contributed by atoms with Crippen molar-refractivity contribution < 1.29 is 0 Å². The molecular weight excluding hydrogens is 182 g/mol. The van der Waals surface area contributed by atoms with Crippen LogP contribution in [0.2, 0.25) is 0 Å². The van der Waals surface area contributed by atoms with Gasteiger partial charge in [-0.3, -0.25) is 0 Å². The van der Waals surface area contributed by atoms with Crippen molar-refractivity contribution in [1.29, 1.82) is 0 Å². The van der Waals surface area contributed by atoms with E-state index >= 15 is 0 Å². The van der Waals surface area contributed by atoms with Gasteiger partial charge in [0.05, 0.1) is 0 Å². The van der Waals surface area contributed by atoms with Gasteiger partial charge in [0.1, 0.15) is 0 Å². The van der Waals surface area contributed by atoms with Gasteiger partial charge in [-0.2, -0.15) is 0 Å². The summed E-state index contributed by atoms with van der Waals surface area (Å²) in [6.45, 7) is 7.83. The summed E-state index contributed by atoms with van der Waals surface area (Å²) in [6, 6.07) is 0.648. The SMILES string of the molecule is CCCC(CCCl)CNC(C)CC. The highest BCUT2D eigenvalue weighted by Gasteiger charge is 2.07. The van der Waals surface area contributed by atoms with E-state index in [0.29, 0.717) is 6.04 Å². The van der Waals surface area contributed by atoms with Crippen molar-refractivity contribution >= 4 is 11.6 Å². The first-order valence-electron chi connectivity index (χ1n) is 5.53. The summed E-state index contributed by atoms with van der Waals surface area (Å²) in [5.41, 5.74) is 0. The first-order valence-corrected chi connectivity index (χ1v) is 6.07. The van der Waals surface area contributed by atoms with E-state index in [9.17, 15) is 0 Å². The van der Waals surface area contributed by atoms with Crippen molar-refractivity contribution in [2.45, 2.75) is 52.5 Å². The van der Waals surface area contributed by atoms with Crippen molar-refractivity contribution in [3.8, 4) is 0 Å². The van der Waals surface area contributed by atoms with E-state index in [1.807, 2.05) is 0 Å². The third-order valence-corrected chi connectivity index (χ3v) is 2.80. The lowest BCUT2D eigenvalue weighted by atomic mass is 10.0. The summed E-state index contributed by atoms with van der Waals surface area (Å²) in [5.74, 6) is 1.57. The predicted octanol–water partition coefficient (Wildman–Crippen LogP) is 3.42.